The summed E-state index contributed by atoms with van der Waals surface area (Å²) in [6.07, 6.45) is 20.3. The largest absolute Gasteiger partial charge is 0.459 e. The molecular weight excluding hydrogens is 464 g/mol. The maximum Gasteiger partial charge on any atom is 0.331 e. The molecule has 0 aliphatic heterocycles. The van der Waals surface area contributed by atoms with E-state index in [0.717, 1.165) is 53.9 Å². The molecule has 0 aromatic heterocycles. The van der Waals surface area contributed by atoms with Crippen LogP contribution in [0.15, 0.2) is 48.1 Å². The summed E-state index contributed by atoms with van der Waals surface area (Å²) in [5.74, 6) is 4.97. The predicted molar refractivity (Wildman–Crippen MR) is 158 cm³/mol. The standard InChI is InChI=1S/C36H52O2/c1-25(2)10-9-11-26(3)31-17-18-32-30-16-15-28-24-29(38-34(37)19-14-27-12-7-6-8-13-27)20-22-35(28,4)33(30)21-23-36(31,32)5/h6-8,12-15,19,25-26,29-33H,9-11,16-18,20-24H2,1-5H3/t26-,29+,30-,31+,32-,33-,35+,36-/m1/s1. The minimum Gasteiger partial charge on any atom is -0.459 e. The second-order valence-electron chi connectivity index (χ2n) is 14.3. The molecule has 3 saturated carbocycles. The molecule has 0 unspecified atom stereocenters. The summed E-state index contributed by atoms with van der Waals surface area (Å²) in [6.45, 7) is 12.6. The van der Waals surface area contributed by atoms with E-state index in [2.05, 4.69) is 40.7 Å². The highest BCUT2D eigenvalue weighted by atomic mass is 16.5. The normalized spacial score (nSPS) is 37.3. The van der Waals surface area contributed by atoms with Crippen molar-refractivity contribution in [2.75, 3.05) is 0 Å². The summed E-state index contributed by atoms with van der Waals surface area (Å²) in [4.78, 5) is 12.6. The Morgan fingerprint density at radius 1 is 1.00 bits per heavy atom. The Labute approximate surface area is 232 Å². The lowest BCUT2D eigenvalue weighted by atomic mass is 9.47. The van der Waals surface area contributed by atoms with Crippen LogP contribution in [0.2, 0.25) is 0 Å². The van der Waals surface area contributed by atoms with Gasteiger partial charge in [-0.15, -0.1) is 0 Å². The van der Waals surface area contributed by atoms with E-state index >= 15 is 0 Å². The van der Waals surface area contributed by atoms with Crippen LogP contribution in [-0.2, 0) is 9.53 Å². The Morgan fingerprint density at radius 2 is 1.79 bits per heavy atom. The van der Waals surface area contributed by atoms with Gasteiger partial charge in [-0.05, 0) is 103 Å². The van der Waals surface area contributed by atoms with Gasteiger partial charge in [-0.3, -0.25) is 0 Å². The second kappa shape index (κ2) is 11.3. The Kier molecular flexibility index (Phi) is 8.28. The molecule has 1 aromatic carbocycles. The highest BCUT2D eigenvalue weighted by Crippen LogP contribution is 2.67. The van der Waals surface area contributed by atoms with Crippen molar-refractivity contribution in [3.63, 3.8) is 0 Å². The van der Waals surface area contributed by atoms with Crippen molar-refractivity contribution in [3.8, 4) is 0 Å². The van der Waals surface area contributed by atoms with Gasteiger partial charge in [0.25, 0.3) is 0 Å². The summed E-state index contributed by atoms with van der Waals surface area (Å²) in [5.41, 5.74) is 3.46. The number of hydrogen-bond acceptors (Lipinski definition) is 2. The monoisotopic (exact) mass is 516 g/mol. The number of carbonyl (C=O) groups is 1. The average Bonchev–Trinajstić information content (AvgIpc) is 3.25. The first kappa shape index (κ1) is 27.7. The summed E-state index contributed by atoms with van der Waals surface area (Å²) < 4.78 is 5.95. The van der Waals surface area contributed by atoms with Crippen molar-refractivity contribution in [1.29, 1.82) is 0 Å². The van der Waals surface area contributed by atoms with E-state index in [0.29, 0.717) is 10.8 Å². The van der Waals surface area contributed by atoms with E-state index in [-0.39, 0.29) is 12.1 Å². The van der Waals surface area contributed by atoms with Crippen molar-refractivity contribution in [3.05, 3.63) is 53.6 Å². The molecule has 0 spiro atoms. The molecule has 5 rings (SSSR count). The maximum atomic E-state index is 12.6. The van der Waals surface area contributed by atoms with Crippen LogP contribution in [0.4, 0.5) is 0 Å². The van der Waals surface area contributed by atoms with Crippen molar-refractivity contribution in [1.82, 2.24) is 0 Å². The van der Waals surface area contributed by atoms with Crippen molar-refractivity contribution < 1.29 is 9.53 Å². The zero-order valence-corrected chi connectivity index (χ0v) is 24.8. The molecule has 2 nitrogen and oxygen atoms in total. The highest BCUT2D eigenvalue weighted by Gasteiger charge is 2.59. The van der Waals surface area contributed by atoms with Crippen molar-refractivity contribution >= 4 is 12.0 Å². The topological polar surface area (TPSA) is 26.3 Å². The zero-order chi connectivity index (χ0) is 26.9. The third-order valence-electron chi connectivity index (χ3n) is 11.8. The minimum absolute atomic E-state index is 0.0233. The molecule has 0 radical (unpaired) electrons. The van der Waals surface area contributed by atoms with Crippen LogP contribution >= 0.6 is 0 Å². The Bertz CT molecular complexity index is 1020. The van der Waals surface area contributed by atoms with Crippen LogP contribution in [-0.4, -0.2) is 12.1 Å². The Morgan fingerprint density at radius 3 is 2.55 bits per heavy atom. The first-order valence-electron chi connectivity index (χ1n) is 15.8. The number of fused-ring (bicyclic) bond motifs is 5. The molecule has 8 atom stereocenters. The van der Waals surface area contributed by atoms with Gasteiger partial charge in [0.1, 0.15) is 6.10 Å². The van der Waals surface area contributed by atoms with Crippen LogP contribution in [0.3, 0.4) is 0 Å². The van der Waals surface area contributed by atoms with Gasteiger partial charge in [-0.25, -0.2) is 4.79 Å². The van der Waals surface area contributed by atoms with Crippen LogP contribution in [0.1, 0.15) is 111 Å². The minimum atomic E-state index is -0.204. The predicted octanol–water partition coefficient (Wildman–Crippen LogP) is 9.65. The zero-order valence-electron chi connectivity index (χ0n) is 24.8. The molecule has 3 fully saturated rings. The number of rotatable bonds is 8. The molecule has 0 N–H and O–H groups in total. The van der Waals surface area contributed by atoms with Gasteiger partial charge in [-0.1, -0.05) is 95.9 Å². The second-order valence-corrected chi connectivity index (χ2v) is 14.3. The molecule has 0 heterocycles. The van der Waals surface area contributed by atoms with E-state index in [1.54, 1.807) is 11.6 Å². The fourth-order valence-corrected chi connectivity index (χ4v) is 9.68. The Balaban J connectivity index is 1.22. The van der Waals surface area contributed by atoms with Crippen LogP contribution in [0.25, 0.3) is 6.08 Å². The first-order chi connectivity index (χ1) is 18.2. The number of esters is 1. The molecule has 0 amide bonds. The summed E-state index contributed by atoms with van der Waals surface area (Å²) in [7, 11) is 0. The average molecular weight is 517 g/mol. The van der Waals surface area contributed by atoms with Gasteiger partial charge < -0.3 is 4.74 Å². The molecular formula is C36H52O2. The number of carbonyl (C=O) groups excluding carboxylic acids is 1. The maximum absolute atomic E-state index is 12.6. The summed E-state index contributed by atoms with van der Waals surface area (Å²) >= 11 is 0. The molecule has 208 valence electrons. The molecule has 1 aromatic rings. The first-order valence-corrected chi connectivity index (χ1v) is 15.8. The number of benzene rings is 1. The van der Waals surface area contributed by atoms with Gasteiger partial charge in [-0.2, -0.15) is 0 Å². The van der Waals surface area contributed by atoms with Crippen molar-refractivity contribution in [2.24, 2.45) is 46.3 Å². The van der Waals surface area contributed by atoms with E-state index in [4.69, 9.17) is 4.74 Å². The fourth-order valence-electron chi connectivity index (χ4n) is 9.68. The van der Waals surface area contributed by atoms with Gasteiger partial charge >= 0.3 is 5.97 Å². The van der Waals surface area contributed by atoms with Crippen molar-refractivity contribution in [2.45, 2.75) is 111 Å². The third-order valence-corrected chi connectivity index (χ3v) is 11.8. The summed E-state index contributed by atoms with van der Waals surface area (Å²) in [5, 5.41) is 0. The molecule has 2 heteroatoms. The SMILES string of the molecule is CC(C)CCC[C@@H](C)[C@@H]1CC[C@@H]2[C@H]3CC=C4C[C@@H](OC(=O)C=Cc5ccccc5)CC[C@]4(C)[C@@H]3CC[C@@]21C. The number of ether oxygens (including phenoxy) is 1. The Hall–Kier alpha value is -1.83. The van der Waals surface area contributed by atoms with Crippen LogP contribution < -0.4 is 0 Å². The van der Waals surface area contributed by atoms with Crippen LogP contribution in [0.5, 0.6) is 0 Å². The van der Waals surface area contributed by atoms with Crippen LogP contribution in [0, 0.1) is 46.3 Å². The highest BCUT2D eigenvalue weighted by molar-refractivity contribution is 5.87. The quantitative estimate of drug-likeness (QED) is 0.195. The molecule has 38 heavy (non-hydrogen) atoms. The lowest BCUT2D eigenvalue weighted by Gasteiger charge is -2.58. The van der Waals surface area contributed by atoms with Gasteiger partial charge in [0.05, 0.1) is 0 Å². The number of hydrogen-bond donors (Lipinski definition) is 0. The molecule has 4 aliphatic carbocycles. The fraction of sp³-hybridized carbons (Fsp3) is 0.694. The molecule has 0 saturated heterocycles. The van der Waals surface area contributed by atoms with E-state index < -0.39 is 0 Å². The number of allylic oxidation sites excluding steroid dienone is 1. The third kappa shape index (κ3) is 5.44. The van der Waals surface area contributed by atoms with E-state index in [1.807, 2.05) is 36.4 Å². The van der Waals surface area contributed by atoms with Gasteiger partial charge in [0.2, 0.25) is 0 Å². The molecule has 4 aliphatic rings. The van der Waals surface area contributed by atoms with Gasteiger partial charge in [0.15, 0.2) is 0 Å². The van der Waals surface area contributed by atoms with Gasteiger partial charge in [0, 0.05) is 12.5 Å². The lowest BCUT2D eigenvalue weighted by Crippen LogP contribution is -2.51. The van der Waals surface area contributed by atoms with E-state index in [1.165, 1.54) is 57.8 Å². The van der Waals surface area contributed by atoms with E-state index in [9.17, 15) is 4.79 Å². The smallest absolute Gasteiger partial charge is 0.331 e. The summed E-state index contributed by atoms with van der Waals surface area (Å²) in [6, 6.07) is 9.99. The molecule has 0 bridgehead atoms. The lowest BCUT2D eigenvalue weighted by molar-refractivity contribution is -0.145.